The van der Waals surface area contributed by atoms with Crippen LogP contribution in [0.15, 0.2) is 134 Å². The van der Waals surface area contributed by atoms with Gasteiger partial charge in [0.2, 0.25) is 0 Å². The number of carboxylic acids is 1. The number of carbonyl (C=O) groups is 3. The van der Waals surface area contributed by atoms with Crippen LogP contribution in [0.25, 0.3) is 0 Å². The van der Waals surface area contributed by atoms with Gasteiger partial charge in [-0.25, -0.2) is 4.79 Å². The normalized spacial score (nSPS) is 13.7. The van der Waals surface area contributed by atoms with Crippen molar-refractivity contribution in [3.8, 4) is 0 Å². The van der Waals surface area contributed by atoms with Crippen LogP contribution in [-0.2, 0) is 33.3 Å². The number of aliphatic carboxylic acids is 1. The molecule has 9 heteroatoms. The maximum Gasteiger partial charge on any atom is 0.361 e. The predicted molar refractivity (Wildman–Crippen MR) is 336 cm³/mol. The van der Waals surface area contributed by atoms with Gasteiger partial charge in [0, 0.05) is 12.8 Å². The van der Waals surface area contributed by atoms with Crippen LogP contribution in [0, 0.1) is 0 Å². The third-order valence-corrected chi connectivity index (χ3v) is 12.9. The summed E-state index contributed by atoms with van der Waals surface area (Å²) in [5.74, 6) is -2.04. The smallest absolute Gasteiger partial charge is 0.361 e. The molecule has 0 radical (unpaired) electrons. The Morgan fingerprint density at radius 1 is 0.392 bits per heavy atom. The second kappa shape index (κ2) is 59.5. The molecule has 0 spiro atoms. The number of unbranched alkanes of at least 4 members (excludes halogenated alkanes) is 19. The summed E-state index contributed by atoms with van der Waals surface area (Å²) < 4.78 is 22.9. The Kier molecular flexibility index (Phi) is 56.1. The van der Waals surface area contributed by atoms with Gasteiger partial charge in [0.1, 0.15) is 13.2 Å². The summed E-state index contributed by atoms with van der Waals surface area (Å²) >= 11 is 0. The summed E-state index contributed by atoms with van der Waals surface area (Å²) in [4.78, 5) is 37.5. The van der Waals surface area contributed by atoms with Crippen LogP contribution < -0.4 is 0 Å². The fraction of sp³-hybridized carbons (Fsp3) is 0.643. The van der Waals surface area contributed by atoms with Gasteiger partial charge in [0.15, 0.2) is 6.10 Å². The standard InChI is InChI=1S/C70H115NO8/c1-6-8-10-12-14-16-18-20-22-24-26-27-28-29-30-31-32-33-34-35-36-37-38-39-40-41-43-45-47-49-51-53-55-57-59-61-68(73)79-66(65-78-70(69(74)75)76-63-62-71(3,4)5)64-77-67(72)60-58-56-54-52-50-48-46-44-42-25-23-21-19-17-15-13-11-9-7-2/h8,10,14-17,20-23,26-27,29-30,32-33,35-36,38-39,41,43,66,70H,6-7,9,11-13,18-19,24-25,28,31,34,37,40,42,44-65H2,1-5H3/p+1/b10-8-,16-14-,17-15-,22-20-,23-21-,27-26-,30-29-,33-32-,36-35-,39-38-,43-41-. The molecule has 0 aromatic carbocycles. The van der Waals surface area contributed by atoms with Gasteiger partial charge < -0.3 is 28.5 Å². The molecule has 0 aliphatic carbocycles. The Morgan fingerprint density at radius 3 is 1.08 bits per heavy atom. The van der Waals surface area contributed by atoms with E-state index in [1.807, 2.05) is 21.1 Å². The summed E-state index contributed by atoms with van der Waals surface area (Å²) in [5, 5.41) is 9.72. The third-order valence-electron chi connectivity index (χ3n) is 12.9. The SMILES string of the molecule is CC/C=C\C/C=C\C/C=C\C/C=C\C/C=C\C/C=C\C/C=C\C/C=C\C/C=C\CCCCCCCCCC(=O)OC(COC(=O)CCCCCCCCCCC/C=C\C/C=C\CCCCC)COC(OCC[N+](C)(C)C)C(=O)O. The molecule has 448 valence electrons. The second-order valence-electron chi connectivity index (χ2n) is 21.6. The molecule has 0 aliphatic heterocycles. The van der Waals surface area contributed by atoms with E-state index in [1.54, 1.807) is 0 Å². The lowest BCUT2D eigenvalue weighted by Gasteiger charge is -2.25. The molecule has 0 fully saturated rings. The molecule has 0 amide bonds. The maximum absolute atomic E-state index is 12.9. The molecule has 2 unspecified atom stereocenters. The Bertz CT molecular complexity index is 1750. The van der Waals surface area contributed by atoms with Crippen molar-refractivity contribution in [3.63, 3.8) is 0 Å². The van der Waals surface area contributed by atoms with Gasteiger partial charge in [0.25, 0.3) is 6.29 Å². The number of carbonyl (C=O) groups excluding carboxylic acids is 2. The largest absolute Gasteiger partial charge is 0.477 e. The molecule has 2 atom stereocenters. The van der Waals surface area contributed by atoms with Crippen molar-refractivity contribution in [1.82, 2.24) is 0 Å². The van der Waals surface area contributed by atoms with Gasteiger partial charge in [-0.05, 0) is 116 Å². The van der Waals surface area contributed by atoms with Crippen molar-refractivity contribution in [3.05, 3.63) is 134 Å². The number of allylic oxidation sites excluding steroid dienone is 22. The van der Waals surface area contributed by atoms with Gasteiger partial charge in [-0.3, -0.25) is 9.59 Å². The minimum absolute atomic E-state index is 0.178. The molecule has 0 aromatic heterocycles. The average molecular weight is 1100 g/mol. The number of rotatable bonds is 56. The highest BCUT2D eigenvalue weighted by Gasteiger charge is 2.25. The molecular formula is C70H116NO8+. The minimum Gasteiger partial charge on any atom is -0.477 e. The summed E-state index contributed by atoms with van der Waals surface area (Å²) in [6.45, 7) is 4.71. The zero-order chi connectivity index (χ0) is 57.6. The van der Waals surface area contributed by atoms with E-state index in [2.05, 4.69) is 148 Å². The highest BCUT2D eigenvalue weighted by molar-refractivity contribution is 5.71. The summed E-state index contributed by atoms with van der Waals surface area (Å²) in [6, 6.07) is 0. The van der Waals surface area contributed by atoms with E-state index < -0.39 is 24.3 Å². The van der Waals surface area contributed by atoms with Crippen molar-refractivity contribution in [1.29, 1.82) is 0 Å². The van der Waals surface area contributed by atoms with Gasteiger partial charge >= 0.3 is 17.9 Å². The summed E-state index contributed by atoms with van der Waals surface area (Å²) in [7, 11) is 5.96. The van der Waals surface area contributed by atoms with Crippen LogP contribution in [0.2, 0.25) is 0 Å². The summed E-state index contributed by atoms with van der Waals surface area (Å²) in [6.07, 6.45) is 82.4. The van der Waals surface area contributed by atoms with E-state index in [4.69, 9.17) is 18.9 Å². The van der Waals surface area contributed by atoms with Gasteiger partial charge in [-0.1, -0.05) is 237 Å². The molecule has 0 rings (SSSR count). The molecule has 79 heavy (non-hydrogen) atoms. The van der Waals surface area contributed by atoms with Crippen molar-refractivity contribution in [2.45, 2.75) is 245 Å². The molecule has 0 heterocycles. The van der Waals surface area contributed by atoms with E-state index in [-0.39, 0.29) is 38.6 Å². The number of ether oxygens (including phenoxy) is 4. The number of hydrogen-bond acceptors (Lipinski definition) is 7. The summed E-state index contributed by atoms with van der Waals surface area (Å²) in [5.41, 5.74) is 0. The fourth-order valence-corrected chi connectivity index (χ4v) is 8.09. The number of quaternary nitrogens is 1. The van der Waals surface area contributed by atoms with Gasteiger partial charge in [-0.2, -0.15) is 0 Å². The number of nitrogens with zero attached hydrogens (tertiary/aromatic N) is 1. The van der Waals surface area contributed by atoms with Crippen molar-refractivity contribution >= 4 is 17.9 Å². The van der Waals surface area contributed by atoms with Crippen molar-refractivity contribution in [2.75, 3.05) is 47.5 Å². The lowest BCUT2D eigenvalue weighted by molar-refractivity contribution is -0.870. The first-order chi connectivity index (χ1) is 38.6. The van der Waals surface area contributed by atoms with Crippen LogP contribution in [0.3, 0.4) is 0 Å². The minimum atomic E-state index is -1.52. The topological polar surface area (TPSA) is 108 Å². The molecular weight excluding hydrogens is 983 g/mol. The van der Waals surface area contributed by atoms with E-state index in [1.165, 1.54) is 83.5 Å². The maximum atomic E-state index is 12.9. The monoisotopic (exact) mass is 1100 g/mol. The molecule has 0 saturated heterocycles. The fourth-order valence-electron chi connectivity index (χ4n) is 8.09. The van der Waals surface area contributed by atoms with E-state index in [9.17, 15) is 19.5 Å². The number of carboxylic acid groups (broad SMARTS) is 1. The van der Waals surface area contributed by atoms with E-state index in [0.717, 1.165) is 116 Å². The van der Waals surface area contributed by atoms with Crippen molar-refractivity contribution < 1.29 is 42.9 Å². The predicted octanol–water partition coefficient (Wildman–Crippen LogP) is 19.0. The van der Waals surface area contributed by atoms with Gasteiger partial charge in [0.05, 0.1) is 34.4 Å². The molecule has 0 saturated carbocycles. The zero-order valence-electron chi connectivity index (χ0n) is 51.0. The zero-order valence-corrected chi connectivity index (χ0v) is 51.0. The van der Waals surface area contributed by atoms with E-state index in [0.29, 0.717) is 17.4 Å². The Balaban J connectivity index is 4.26. The number of likely N-dealkylation sites (N-methyl/N-ethyl adjacent to an activating group) is 1. The first-order valence-electron chi connectivity index (χ1n) is 31.3. The van der Waals surface area contributed by atoms with Crippen molar-refractivity contribution in [2.24, 2.45) is 0 Å². The first kappa shape index (κ1) is 74.4. The molecule has 0 aromatic rings. The first-order valence-corrected chi connectivity index (χ1v) is 31.3. The number of hydrogen-bond donors (Lipinski definition) is 1. The Hall–Kier alpha value is -4.57. The van der Waals surface area contributed by atoms with Crippen LogP contribution >= 0.6 is 0 Å². The van der Waals surface area contributed by atoms with Crippen LogP contribution in [-0.4, -0.2) is 87.4 Å². The average Bonchev–Trinajstić information content (AvgIpc) is 3.42. The van der Waals surface area contributed by atoms with E-state index >= 15 is 0 Å². The van der Waals surface area contributed by atoms with Crippen LogP contribution in [0.4, 0.5) is 0 Å². The molecule has 0 bridgehead atoms. The third kappa shape index (κ3) is 60.9. The Labute approximate surface area is 484 Å². The highest BCUT2D eigenvalue weighted by atomic mass is 16.7. The number of esters is 2. The van der Waals surface area contributed by atoms with Gasteiger partial charge in [-0.15, -0.1) is 0 Å². The lowest BCUT2D eigenvalue weighted by Crippen LogP contribution is -2.40. The molecule has 1 N–H and O–H groups in total. The molecule has 0 aliphatic rings. The highest BCUT2D eigenvalue weighted by Crippen LogP contribution is 2.15. The lowest BCUT2D eigenvalue weighted by atomic mass is 10.1. The molecule has 9 nitrogen and oxygen atoms in total. The van der Waals surface area contributed by atoms with Crippen LogP contribution in [0.5, 0.6) is 0 Å². The Morgan fingerprint density at radius 2 is 0.722 bits per heavy atom. The van der Waals surface area contributed by atoms with Crippen LogP contribution in [0.1, 0.15) is 232 Å². The second-order valence-corrected chi connectivity index (χ2v) is 21.6. The quantitative estimate of drug-likeness (QED) is 0.0211.